The molecule has 0 saturated carbocycles. The number of nitrogens with zero attached hydrogens (tertiary/aromatic N) is 3. The van der Waals surface area contributed by atoms with Gasteiger partial charge in [-0.1, -0.05) is 49.0 Å². The summed E-state index contributed by atoms with van der Waals surface area (Å²) in [6.07, 6.45) is 4.83. The Labute approximate surface area is 165 Å². The van der Waals surface area contributed by atoms with Gasteiger partial charge in [0.25, 0.3) is 0 Å². The second-order valence-corrected chi connectivity index (χ2v) is 7.65. The van der Waals surface area contributed by atoms with Gasteiger partial charge in [0, 0.05) is 45.1 Å². The van der Waals surface area contributed by atoms with Crippen molar-refractivity contribution in [3.05, 3.63) is 48.3 Å². The third-order valence-corrected chi connectivity index (χ3v) is 5.48. The minimum atomic E-state index is 0.0230. The molecule has 2 aromatic rings. The summed E-state index contributed by atoms with van der Waals surface area (Å²) in [7, 11) is 0. The van der Waals surface area contributed by atoms with Crippen LogP contribution in [0.25, 0.3) is 0 Å². The van der Waals surface area contributed by atoms with Crippen LogP contribution in [-0.4, -0.2) is 58.5 Å². The first-order valence-corrected chi connectivity index (χ1v) is 10.5. The van der Waals surface area contributed by atoms with Crippen LogP contribution < -0.4 is 5.32 Å². The highest BCUT2D eigenvalue weighted by molar-refractivity contribution is 7.99. The molecule has 0 aliphatic carbocycles. The molecule has 146 valence electrons. The highest BCUT2D eigenvalue weighted by atomic mass is 32.2. The van der Waals surface area contributed by atoms with Crippen molar-refractivity contribution >= 4 is 17.7 Å². The number of ether oxygens (including phenoxy) is 1. The number of nitrogens with one attached hydrogen (secondary N) is 1. The number of hydrogen-bond donors (Lipinski definition) is 1. The van der Waals surface area contributed by atoms with Gasteiger partial charge in [-0.05, 0) is 12.0 Å². The quantitative estimate of drug-likeness (QED) is 0.669. The maximum absolute atomic E-state index is 12.2. The van der Waals surface area contributed by atoms with Crippen LogP contribution in [0.1, 0.15) is 18.9 Å². The summed E-state index contributed by atoms with van der Waals surface area (Å²) in [6, 6.07) is 10.5. The average Bonchev–Trinajstić information content (AvgIpc) is 3.13. The van der Waals surface area contributed by atoms with Crippen molar-refractivity contribution in [3.63, 3.8) is 0 Å². The monoisotopic (exact) mass is 388 g/mol. The molecule has 1 aromatic carbocycles. The number of hydrogen-bond acceptors (Lipinski definition) is 5. The number of imidazole rings is 1. The van der Waals surface area contributed by atoms with Crippen molar-refractivity contribution in [2.75, 3.05) is 32.0 Å². The number of amides is 1. The van der Waals surface area contributed by atoms with E-state index in [1.807, 2.05) is 12.3 Å². The number of aromatic nitrogens is 2. The molecule has 1 saturated heterocycles. The van der Waals surface area contributed by atoms with Gasteiger partial charge in [-0.25, -0.2) is 4.98 Å². The molecule has 7 heteroatoms. The number of aryl methyl sites for hydroxylation is 1. The Kier molecular flexibility index (Phi) is 7.74. The predicted octanol–water partition coefficient (Wildman–Crippen LogP) is 2.40. The molecule has 1 aromatic heterocycles. The molecule has 1 amide bonds. The van der Waals surface area contributed by atoms with Crippen LogP contribution in [0.3, 0.4) is 0 Å². The van der Waals surface area contributed by atoms with Gasteiger partial charge in [0.1, 0.15) is 0 Å². The predicted molar refractivity (Wildman–Crippen MR) is 108 cm³/mol. The van der Waals surface area contributed by atoms with E-state index in [0.29, 0.717) is 18.9 Å². The molecule has 1 atom stereocenters. The lowest BCUT2D eigenvalue weighted by Crippen LogP contribution is -2.47. The fourth-order valence-corrected chi connectivity index (χ4v) is 3.96. The van der Waals surface area contributed by atoms with E-state index in [4.69, 9.17) is 4.74 Å². The Morgan fingerprint density at radius 2 is 2.22 bits per heavy atom. The highest BCUT2D eigenvalue weighted by Gasteiger charge is 2.21. The summed E-state index contributed by atoms with van der Waals surface area (Å²) >= 11 is 1.48. The van der Waals surface area contributed by atoms with Gasteiger partial charge in [0.05, 0.1) is 18.5 Å². The van der Waals surface area contributed by atoms with Crippen molar-refractivity contribution in [2.45, 2.75) is 37.7 Å². The van der Waals surface area contributed by atoms with Crippen LogP contribution in [-0.2, 0) is 22.6 Å². The van der Waals surface area contributed by atoms with Crippen LogP contribution >= 0.6 is 11.8 Å². The Hall–Kier alpha value is -1.83. The molecular weight excluding hydrogens is 360 g/mol. The lowest BCUT2D eigenvalue weighted by molar-refractivity contribution is -0.119. The summed E-state index contributed by atoms with van der Waals surface area (Å²) in [6.45, 7) is 7.00. The Morgan fingerprint density at radius 3 is 3.04 bits per heavy atom. The van der Waals surface area contributed by atoms with E-state index in [2.05, 4.69) is 51.0 Å². The van der Waals surface area contributed by atoms with E-state index >= 15 is 0 Å². The van der Waals surface area contributed by atoms with Crippen molar-refractivity contribution < 1.29 is 9.53 Å². The summed E-state index contributed by atoms with van der Waals surface area (Å²) in [4.78, 5) is 18.9. The van der Waals surface area contributed by atoms with Crippen LogP contribution in [0.15, 0.2) is 47.9 Å². The number of carbonyl (C=O) groups is 1. The average molecular weight is 389 g/mol. The third kappa shape index (κ3) is 6.37. The molecular formula is C20H28N4O2S. The van der Waals surface area contributed by atoms with E-state index in [0.717, 1.165) is 37.8 Å². The van der Waals surface area contributed by atoms with E-state index in [9.17, 15) is 4.79 Å². The molecule has 2 heterocycles. The smallest absolute Gasteiger partial charge is 0.230 e. The van der Waals surface area contributed by atoms with E-state index in [1.165, 1.54) is 17.3 Å². The fraction of sp³-hybridized carbons (Fsp3) is 0.500. The number of rotatable bonds is 9. The summed E-state index contributed by atoms with van der Waals surface area (Å²) in [5, 5.41) is 3.90. The normalized spacial score (nSPS) is 17.7. The number of thioether (sulfide) groups is 1. The van der Waals surface area contributed by atoms with Gasteiger partial charge in [0.15, 0.2) is 5.16 Å². The maximum Gasteiger partial charge on any atom is 0.230 e. The van der Waals surface area contributed by atoms with E-state index in [-0.39, 0.29) is 12.0 Å². The zero-order valence-electron chi connectivity index (χ0n) is 15.8. The second kappa shape index (κ2) is 10.5. The topological polar surface area (TPSA) is 59.4 Å². The number of morpholine rings is 1. The molecule has 1 N–H and O–H groups in total. The zero-order valence-corrected chi connectivity index (χ0v) is 16.7. The van der Waals surface area contributed by atoms with Crippen LogP contribution in [0.5, 0.6) is 0 Å². The molecule has 1 aliphatic heterocycles. The standard InChI is InChI=1S/C20H28N4O2S/c1-2-9-24-10-8-21-20(24)27-16-19(25)22-13-18-15-23(11-12-26-18)14-17-6-4-3-5-7-17/h3-8,10,18H,2,9,11-16H2,1H3,(H,22,25). The van der Waals surface area contributed by atoms with Gasteiger partial charge < -0.3 is 14.6 Å². The van der Waals surface area contributed by atoms with Gasteiger partial charge in [-0.3, -0.25) is 9.69 Å². The minimum Gasteiger partial charge on any atom is -0.374 e. The maximum atomic E-state index is 12.2. The Balaban J connectivity index is 1.38. The van der Waals surface area contributed by atoms with Crippen molar-refractivity contribution in [1.82, 2.24) is 19.8 Å². The highest BCUT2D eigenvalue weighted by Crippen LogP contribution is 2.16. The summed E-state index contributed by atoms with van der Waals surface area (Å²) in [5.41, 5.74) is 1.31. The zero-order chi connectivity index (χ0) is 18.9. The summed E-state index contributed by atoms with van der Waals surface area (Å²) in [5.74, 6) is 0.399. The molecule has 1 fully saturated rings. The van der Waals surface area contributed by atoms with Gasteiger partial charge in [-0.2, -0.15) is 0 Å². The van der Waals surface area contributed by atoms with Crippen molar-refractivity contribution in [1.29, 1.82) is 0 Å². The fourth-order valence-electron chi connectivity index (χ4n) is 3.14. The molecule has 3 rings (SSSR count). The first-order valence-electron chi connectivity index (χ1n) is 9.53. The van der Waals surface area contributed by atoms with Gasteiger partial charge in [0.2, 0.25) is 5.91 Å². The largest absolute Gasteiger partial charge is 0.374 e. The molecule has 27 heavy (non-hydrogen) atoms. The lowest BCUT2D eigenvalue weighted by Gasteiger charge is -2.33. The first-order chi connectivity index (χ1) is 13.2. The van der Waals surface area contributed by atoms with Crippen molar-refractivity contribution in [2.24, 2.45) is 0 Å². The van der Waals surface area contributed by atoms with Crippen LogP contribution in [0.2, 0.25) is 0 Å². The van der Waals surface area contributed by atoms with Gasteiger partial charge in [-0.15, -0.1) is 0 Å². The molecule has 0 spiro atoms. The SMILES string of the molecule is CCCn1ccnc1SCC(=O)NCC1CN(Cc2ccccc2)CCO1. The van der Waals surface area contributed by atoms with E-state index in [1.54, 1.807) is 6.20 Å². The minimum absolute atomic E-state index is 0.0230. The van der Waals surface area contributed by atoms with Crippen molar-refractivity contribution in [3.8, 4) is 0 Å². The number of benzene rings is 1. The second-order valence-electron chi connectivity index (χ2n) is 6.71. The molecule has 1 unspecified atom stereocenters. The third-order valence-electron chi connectivity index (χ3n) is 4.47. The van der Waals surface area contributed by atoms with Gasteiger partial charge >= 0.3 is 0 Å². The van der Waals surface area contributed by atoms with Crippen LogP contribution in [0.4, 0.5) is 0 Å². The summed E-state index contributed by atoms with van der Waals surface area (Å²) < 4.78 is 7.91. The molecule has 6 nitrogen and oxygen atoms in total. The first kappa shape index (κ1) is 19.9. The molecule has 1 aliphatic rings. The van der Waals surface area contributed by atoms with Crippen LogP contribution in [0, 0.1) is 0 Å². The molecule has 0 bridgehead atoms. The molecule has 0 radical (unpaired) electrons. The van der Waals surface area contributed by atoms with E-state index < -0.39 is 0 Å². The number of carbonyl (C=O) groups excluding carboxylic acids is 1. The Bertz CT molecular complexity index is 707. The lowest BCUT2D eigenvalue weighted by atomic mass is 10.2. The Morgan fingerprint density at radius 1 is 1.37 bits per heavy atom.